The van der Waals surface area contributed by atoms with E-state index in [9.17, 15) is 5.11 Å². The van der Waals surface area contributed by atoms with E-state index in [0.29, 0.717) is 21.4 Å². The number of imidazole rings is 1. The molecule has 2 N–H and O–H groups in total. The average molecular weight is 426 g/mol. The zero-order valence-electron chi connectivity index (χ0n) is 14.5. The first-order valence-corrected chi connectivity index (χ1v) is 8.70. The molecule has 28 heavy (non-hydrogen) atoms. The van der Waals surface area contributed by atoms with Gasteiger partial charge in [0, 0.05) is 28.0 Å². The van der Waals surface area contributed by atoms with Crippen LogP contribution in [0.5, 0.6) is 5.75 Å². The number of rotatable bonds is 6. The Morgan fingerprint density at radius 3 is 2.46 bits per heavy atom. The minimum absolute atomic E-state index is 0.0382. The minimum Gasteiger partial charge on any atom is -0.490 e. The van der Waals surface area contributed by atoms with Crippen molar-refractivity contribution in [3.8, 4) is 5.75 Å². The second-order valence-corrected chi connectivity index (χ2v) is 6.57. The van der Waals surface area contributed by atoms with Crippen LogP contribution in [0.25, 0.3) is 0 Å². The molecule has 148 valence electrons. The molecular weight excluding hydrogens is 409 g/mol. The van der Waals surface area contributed by atoms with Crippen molar-refractivity contribution in [2.75, 3.05) is 6.61 Å². The highest BCUT2D eigenvalue weighted by atomic mass is 35.5. The highest BCUT2D eigenvalue weighted by Gasteiger charge is 2.33. The maximum Gasteiger partial charge on any atom is 0.291 e. The van der Waals surface area contributed by atoms with Gasteiger partial charge >= 0.3 is 0 Å². The van der Waals surface area contributed by atoms with Crippen LogP contribution in [0.2, 0.25) is 10.0 Å². The predicted octanol–water partition coefficient (Wildman–Crippen LogP) is 3.81. The van der Waals surface area contributed by atoms with E-state index < -0.39 is 10.7 Å². The van der Waals surface area contributed by atoms with Gasteiger partial charge in [-0.05, 0) is 24.3 Å². The van der Waals surface area contributed by atoms with E-state index >= 15 is 0 Å². The maximum atomic E-state index is 11.3. The first kappa shape index (κ1) is 21.5. The largest absolute Gasteiger partial charge is 0.490 e. The summed E-state index contributed by atoms with van der Waals surface area (Å²) in [6.45, 7) is 0.289. The monoisotopic (exact) mass is 425 g/mol. The molecule has 0 spiro atoms. The molecule has 0 aliphatic carbocycles. The van der Waals surface area contributed by atoms with Crippen LogP contribution in [0.4, 0.5) is 0 Å². The normalized spacial score (nSPS) is 12.4. The molecule has 2 aromatic carbocycles. The lowest BCUT2D eigenvalue weighted by molar-refractivity contribution is -0.742. The standard InChI is InChI=1S/C18H16Cl2N2O2.HNO3/c19-14-6-7-16(17(20)10-14)18(23,11-22-9-8-21-13-22)12-24-15-4-2-1-3-5-15;2-1(3)4/h1-10,13,23H,11-12H2;(H,2,3,4). The first-order valence-electron chi connectivity index (χ1n) is 7.95. The molecule has 3 rings (SSSR count). The fraction of sp³-hybridized carbons (Fsp3) is 0.167. The summed E-state index contributed by atoms with van der Waals surface area (Å²) in [5, 5.41) is 25.8. The van der Waals surface area contributed by atoms with Crippen LogP contribution in [0.3, 0.4) is 0 Å². The number of hydrogen-bond acceptors (Lipinski definition) is 5. The molecule has 0 amide bonds. The van der Waals surface area contributed by atoms with Gasteiger partial charge in [-0.25, -0.2) is 4.98 Å². The molecule has 0 aliphatic rings. The molecule has 1 unspecified atom stereocenters. The van der Waals surface area contributed by atoms with Crippen LogP contribution in [-0.2, 0) is 12.1 Å². The lowest BCUT2D eigenvalue weighted by atomic mass is 9.94. The molecule has 0 saturated carbocycles. The van der Waals surface area contributed by atoms with E-state index in [1.54, 1.807) is 41.5 Å². The summed E-state index contributed by atoms with van der Waals surface area (Å²) in [5.41, 5.74) is -0.781. The van der Waals surface area contributed by atoms with Crippen LogP contribution in [0, 0.1) is 10.1 Å². The van der Waals surface area contributed by atoms with Crippen molar-refractivity contribution in [3.05, 3.63) is 93.0 Å². The molecule has 0 saturated heterocycles. The Kier molecular flexibility index (Phi) is 7.62. The van der Waals surface area contributed by atoms with Crippen molar-refractivity contribution in [2.24, 2.45) is 0 Å². The van der Waals surface area contributed by atoms with Crippen LogP contribution < -0.4 is 4.74 Å². The number of halogens is 2. The maximum absolute atomic E-state index is 11.3. The van der Waals surface area contributed by atoms with Gasteiger partial charge in [0.15, 0.2) is 0 Å². The van der Waals surface area contributed by atoms with Crippen molar-refractivity contribution in [2.45, 2.75) is 12.1 Å². The second kappa shape index (κ2) is 9.93. The highest BCUT2D eigenvalue weighted by molar-refractivity contribution is 6.35. The molecule has 0 bridgehead atoms. The smallest absolute Gasteiger partial charge is 0.291 e. The number of hydrogen-bond donors (Lipinski definition) is 2. The number of aromatic nitrogens is 2. The van der Waals surface area contributed by atoms with E-state index in [2.05, 4.69) is 4.98 Å². The van der Waals surface area contributed by atoms with E-state index in [-0.39, 0.29) is 13.2 Å². The lowest BCUT2D eigenvalue weighted by Crippen LogP contribution is -2.38. The summed E-state index contributed by atoms with van der Waals surface area (Å²) in [5.74, 6) is 0.673. The zero-order chi connectivity index (χ0) is 20.6. The van der Waals surface area contributed by atoms with Crippen LogP contribution in [0.15, 0.2) is 67.3 Å². The van der Waals surface area contributed by atoms with Gasteiger partial charge in [0.2, 0.25) is 0 Å². The Hall–Kier alpha value is -2.81. The Morgan fingerprint density at radius 1 is 1.21 bits per heavy atom. The van der Waals surface area contributed by atoms with E-state index in [1.165, 1.54) is 0 Å². The molecular formula is C18H17Cl2N3O5. The summed E-state index contributed by atoms with van der Waals surface area (Å²) in [4.78, 5) is 12.4. The van der Waals surface area contributed by atoms with Gasteiger partial charge in [0.05, 0.1) is 12.9 Å². The molecule has 0 fully saturated rings. The zero-order valence-corrected chi connectivity index (χ0v) is 16.0. The number of nitrogens with zero attached hydrogens (tertiary/aromatic N) is 3. The number of para-hydroxylation sites is 1. The first-order chi connectivity index (χ1) is 13.3. The molecule has 3 aromatic rings. The van der Waals surface area contributed by atoms with Crippen molar-refractivity contribution in [1.29, 1.82) is 0 Å². The highest BCUT2D eigenvalue weighted by Crippen LogP contribution is 2.32. The topological polar surface area (TPSA) is 111 Å². The van der Waals surface area contributed by atoms with Gasteiger partial charge in [0.25, 0.3) is 5.09 Å². The third-order valence-corrected chi connectivity index (χ3v) is 4.20. The van der Waals surface area contributed by atoms with E-state index in [0.717, 1.165) is 0 Å². The van der Waals surface area contributed by atoms with Crippen molar-refractivity contribution >= 4 is 23.2 Å². The average Bonchev–Trinajstić information content (AvgIpc) is 3.13. The Balaban J connectivity index is 0.000000640. The predicted molar refractivity (Wildman–Crippen MR) is 103 cm³/mol. The van der Waals surface area contributed by atoms with E-state index in [1.807, 2.05) is 30.3 Å². The Bertz CT molecular complexity index is 890. The number of benzene rings is 2. The molecule has 0 radical (unpaired) electrons. The Morgan fingerprint density at radius 2 is 1.89 bits per heavy atom. The van der Waals surface area contributed by atoms with Crippen molar-refractivity contribution in [3.63, 3.8) is 0 Å². The molecule has 0 aliphatic heterocycles. The molecule has 1 atom stereocenters. The SMILES string of the molecule is O=[N+]([O-])O.OC(COc1ccccc1)(Cn1ccnc1)c1ccc(Cl)cc1Cl. The molecule has 1 heterocycles. The molecule has 10 heteroatoms. The van der Waals surface area contributed by atoms with Gasteiger partial charge in [0.1, 0.15) is 18.0 Å². The van der Waals surface area contributed by atoms with Gasteiger partial charge in [-0.2, -0.15) is 0 Å². The van der Waals surface area contributed by atoms with Gasteiger partial charge in [-0.3, -0.25) is 0 Å². The van der Waals surface area contributed by atoms with Gasteiger partial charge in [-0.15, -0.1) is 10.1 Å². The van der Waals surface area contributed by atoms with Gasteiger partial charge < -0.3 is 19.6 Å². The van der Waals surface area contributed by atoms with Crippen molar-refractivity contribution in [1.82, 2.24) is 9.55 Å². The minimum atomic E-state index is -1.50. The lowest BCUT2D eigenvalue weighted by Gasteiger charge is -2.30. The van der Waals surface area contributed by atoms with Crippen LogP contribution >= 0.6 is 23.2 Å². The number of aliphatic hydroxyl groups is 1. The summed E-state index contributed by atoms with van der Waals surface area (Å²) in [6.07, 6.45) is 5.07. The van der Waals surface area contributed by atoms with Gasteiger partial charge in [-0.1, -0.05) is 47.5 Å². The summed E-state index contributed by atoms with van der Waals surface area (Å²) in [7, 11) is 0. The molecule has 1 aromatic heterocycles. The number of ether oxygens (including phenoxy) is 1. The third kappa shape index (κ3) is 6.41. The van der Waals surface area contributed by atoms with E-state index in [4.69, 9.17) is 43.3 Å². The van der Waals surface area contributed by atoms with Crippen LogP contribution in [0.1, 0.15) is 5.56 Å². The summed E-state index contributed by atoms with van der Waals surface area (Å²) >= 11 is 12.3. The van der Waals surface area contributed by atoms with Crippen molar-refractivity contribution < 1.29 is 20.1 Å². The van der Waals surface area contributed by atoms with Crippen LogP contribution in [-0.4, -0.2) is 31.6 Å². The third-order valence-electron chi connectivity index (χ3n) is 3.66. The Labute approximate surface area is 170 Å². The summed E-state index contributed by atoms with van der Waals surface area (Å²) in [6, 6.07) is 14.3. The fourth-order valence-electron chi connectivity index (χ4n) is 2.48. The quantitative estimate of drug-likeness (QED) is 0.458. The molecule has 8 nitrogen and oxygen atoms in total. The second-order valence-electron chi connectivity index (χ2n) is 5.73. The fourth-order valence-corrected chi connectivity index (χ4v) is 3.06. The summed E-state index contributed by atoms with van der Waals surface area (Å²) < 4.78 is 7.56.